The summed E-state index contributed by atoms with van der Waals surface area (Å²) in [5, 5.41) is 3.12. The molecule has 1 unspecified atom stereocenters. The van der Waals surface area contributed by atoms with Crippen molar-refractivity contribution in [3.63, 3.8) is 0 Å². The zero-order valence-corrected chi connectivity index (χ0v) is 12.8. The third-order valence-corrected chi connectivity index (χ3v) is 5.40. The van der Waals surface area contributed by atoms with Crippen LogP contribution in [0.3, 0.4) is 0 Å². The second-order valence-electron chi connectivity index (χ2n) is 5.61. The summed E-state index contributed by atoms with van der Waals surface area (Å²) < 4.78 is 23.1. The standard InChI is InChI=1S/C15H21NO3S/c1-11-3-4-12(2)13(7-11)8-15(17)9-14-10-20(18,19)6-5-16-14/h3-4,7,14,16H,5-6,8-10H2,1-2H3. The second kappa shape index (κ2) is 6.06. The quantitative estimate of drug-likeness (QED) is 0.906. The first-order chi connectivity index (χ1) is 9.35. The number of benzene rings is 1. The first kappa shape index (κ1) is 15.2. The zero-order valence-electron chi connectivity index (χ0n) is 12.0. The van der Waals surface area contributed by atoms with Gasteiger partial charge in [-0.1, -0.05) is 23.8 Å². The van der Waals surface area contributed by atoms with E-state index in [1.54, 1.807) is 0 Å². The summed E-state index contributed by atoms with van der Waals surface area (Å²) in [6.45, 7) is 4.44. The van der Waals surface area contributed by atoms with Gasteiger partial charge in [-0.25, -0.2) is 8.42 Å². The van der Waals surface area contributed by atoms with E-state index in [0.29, 0.717) is 13.0 Å². The number of aryl methyl sites for hydroxylation is 2. The Kier molecular flexibility index (Phi) is 4.60. The largest absolute Gasteiger partial charge is 0.312 e. The Balaban J connectivity index is 1.97. The van der Waals surface area contributed by atoms with Gasteiger partial charge in [0, 0.05) is 25.4 Å². The van der Waals surface area contributed by atoms with E-state index in [2.05, 4.69) is 5.32 Å². The molecule has 1 fully saturated rings. The lowest BCUT2D eigenvalue weighted by molar-refractivity contribution is -0.118. The molecular formula is C15H21NO3S. The molecule has 2 rings (SSSR count). The molecule has 1 aromatic carbocycles. The van der Waals surface area contributed by atoms with E-state index >= 15 is 0 Å². The fraction of sp³-hybridized carbons (Fsp3) is 0.533. The van der Waals surface area contributed by atoms with E-state index in [1.165, 1.54) is 0 Å². The average Bonchev–Trinajstić information content (AvgIpc) is 2.32. The second-order valence-corrected chi connectivity index (χ2v) is 7.84. The van der Waals surface area contributed by atoms with E-state index in [0.717, 1.165) is 16.7 Å². The molecule has 1 heterocycles. The summed E-state index contributed by atoms with van der Waals surface area (Å²) in [7, 11) is -2.98. The maximum Gasteiger partial charge on any atom is 0.153 e. The van der Waals surface area contributed by atoms with Gasteiger partial charge in [0.05, 0.1) is 11.5 Å². The number of Topliss-reactive ketones (excluding diaryl/α,β-unsaturated/α-hetero) is 1. The van der Waals surface area contributed by atoms with E-state index < -0.39 is 9.84 Å². The van der Waals surface area contributed by atoms with Gasteiger partial charge in [0.2, 0.25) is 0 Å². The Morgan fingerprint density at radius 1 is 1.35 bits per heavy atom. The Morgan fingerprint density at radius 2 is 2.10 bits per heavy atom. The number of nitrogens with one attached hydrogen (secondary N) is 1. The summed E-state index contributed by atoms with van der Waals surface area (Å²) in [5.41, 5.74) is 3.28. The van der Waals surface area contributed by atoms with Crippen LogP contribution < -0.4 is 5.32 Å². The molecule has 0 spiro atoms. The highest BCUT2D eigenvalue weighted by molar-refractivity contribution is 7.91. The molecule has 1 aliphatic rings. The lowest BCUT2D eigenvalue weighted by Gasteiger charge is -2.23. The minimum Gasteiger partial charge on any atom is -0.312 e. The monoisotopic (exact) mass is 295 g/mol. The van der Waals surface area contributed by atoms with Gasteiger partial charge >= 0.3 is 0 Å². The van der Waals surface area contributed by atoms with Crippen LogP contribution in [0.1, 0.15) is 23.1 Å². The predicted molar refractivity (Wildman–Crippen MR) is 79.7 cm³/mol. The van der Waals surface area contributed by atoms with Crippen LogP contribution >= 0.6 is 0 Å². The van der Waals surface area contributed by atoms with E-state index in [9.17, 15) is 13.2 Å². The number of rotatable bonds is 4. The molecule has 1 aliphatic heterocycles. The molecule has 0 amide bonds. The molecule has 0 aliphatic carbocycles. The molecule has 5 heteroatoms. The lowest BCUT2D eigenvalue weighted by Crippen LogP contribution is -2.46. The normalized spacial score (nSPS) is 21.6. The van der Waals surface area contributed by atoms with Gasteiger partial charge in [0.1, 0.15) is 5.78 Å². The molecule has 0 radical (unpaired) electrons. The van der Waals surface area contributed by atoms with Crippen molar-refractivity contribution in [2.75, 3.05) is 18.1 Å². The SMILES string of the molecule is Cc1ccc(C)c(CC(=O)CC2CS(=O)(=O)CCN2)c1. The lowest BCUT2D eigenvalue weighted by atomic mass is 9.98. The minimum absolute atomic E-state index is 0.0749. The molecule has 20 heavy (non-hydrogen) atoms. The summed E-state index contributed by atoms with van der Waals surface area (Å²) in [5.74, 6) is 0.341. The van der Waals surface area contributed by atoms with Crippen molar-refractivity contribution < 1.29 is 13.2 Å². The van der Waals surface area contributed by atoms with Gasteiger partial charge in [0.15, 0.2) is 9.84 Å². The molecule has 4 nitrogen and oxygen atoms in total. The van der Waals surface area contributed by atoms with Crippen LogP contribution in [0.25, 0.3) is 0 Å². The van der Waals surface area contributed by atoms with Crippen molar-refractivity contribution in [1.29, 1.82) is 0 Å². The topological polar surface area (TPSA) is 63.2 Å². The molecule has 1 atom stereocenters. The molecular weight excluding hydrogens is 274 g/mol. The van der Waals surface area contributed by atoms with Gasteiger partial charge in [-0.2, -0.15) is 0 Å². The van der Waals surface area contributed by atoms with Gasteiger partial charge in [-0.15, -0.1) is 0 Å². The summed E-state index contributed by atoms with van der Waals surface area (Å²) in [6, 6.07) is 5.84. The van der Waals surface area contributed by atoms with Gasteiger partial charge in [0.25, 0.3) is 0 Å². The number of carbonyl (C=O) groups excluding carboxylic acids is 1. The third-order valence-electron chi connectivity index (χ3n) is 3.67. The van der Waals surface area contributed by atoms with Crippen LogP contribution in [0, 0.1) is 13.8 Å². The molecule has 0 saturated carbocycles. The fourth-order valence-corrected chi connectivity index (χ4v) is 3.99. The first-order valence-electron chi connectivity index (χ1n) is 6.87. The Labute approximate surface area is 120 Å². The number of carbonyl (C=O) groups is 1. The van der Waals surface area contributed by atoms with Crippen molar-refractivity contribution in [2.24, 2.45) is 0 Å². The highest BCUT2D eigenvalue weighted by Gasteiger charge is 2.25. The summed E-state index contributed by atoms with van der Waals surface area (Å²) >= 11 is 0. The van der Waals surface area contributed by atoms with Crippen molar-refractivity contribution in [3.8, 4) is 0 Å². The smallest absolute Gasteiger partial charge is 0.153 e. The van der Waals surface area contributed by atoms with Crippen LogP contribution in [0.15, 0.2) is 18.2 Å². The van der Waals surface area contributed by atoms with Crippen molar-refractivity contribution in [1.82, 2.24) is 5.32 Å². The maximum atomic E-state index is 12.1. The van der Waals surface area contributed by atoms with E-state index in [-0.39, 0.29) is 29.8 Å². The van der Waals surface area contributed by atoms with Crippen molar-refractivity contribution >= 4 is 15.6 Å². The van der Waals surface area contributed by atoms with Gasteiger partial charge < -0.3 is 5.32 Å². The van der Waals surface area contributed by atoms with Gasteiger partial charge in [-0.3, -0.25) is 4.79 Å². The van der Waals surface area contributed by atoms with E-state index in [1.807, 2.05) is 32.0 Å². The van der Waals surface area contributed by atoms with Crippen LogP contribution in [-0.2, 0) is 21.1 Å². The fourth-order valence-electron chi connectivity index (χ4n) is 2.55. The molecule has 0 aromatic heterocycles. The highest BCUT2D eigenvalue weighted by Crippen LogP contribution is 2.14. The molecule has 1 saturated heterocycles. The van der Waals surface area contributed by atoms with Crippen LogP contribution in [0.2, 0.25) is 0 Å². The molecule has 0 bridgehead atoms. The average molecular weight is 295 g/mol. The number of sulfone groups is 1. The van der Waals surface area contributed by atoms with E-state index in [4.69, 9.17) is 0 Å². The number of ketones is 1. The molecule has 1 N–H and O–H groups in total. The minimum atomic E-state index is -2.98. The zero-order chi connectivity index (χ0) is 14.8. The Bertz CT molecular complexity index is 608. The molecule has 1 aromatic rings. The number of hydrogen-bond acceptors (Lipinski definition) is 4. The summed E-state index contributed by atoms with van der Waals surface area (Å²) in [4.78, 5) is 12.1. The highest BCUT2D eigenvalue weighted by atomic mass is 32.2. The third kappa shape index (κ3) is 4.15. The predicted octanol–water partition coefficient (Wildman–Crippen LogP) is 1.19. The molecule has 110 valence electrons. The maximum absolute atomic E-state index is 12.1. The van der Waals surface area contributed by atoms with Crippen LogP contribution in [0.5, 0.6) is 0 Å². The summed E-state index contributed by atoms with van der Waals surface area (Å²) in [6.07, 6.45) is 0.665. The Hall–Kier alpha value is -1.20. The Morgan fingerprint density at radius 3 is 2.80 bits per heavy atom. The number of hydrogen-bond donors (Lipinski definition) is 1. The van der Waals surface area contributed by atoms with Crippen LogP contribution in [-0.4, -0.2) is 38.3 Å². The van der Waals surface area contributed by atoms with Crippen molar-refractivity contribution in [2.45, 2.75) is 32.7 Å². The first-order valence-corrected chi connectivity index (χ1v) is 8.69. The van der Waals surface area contributed by atoms with Gasteiger partial charge in [-0.05, 0) is 25.0 Å². The van der Waals surface area contributed by atoms with Crippen LogP contribution in [0.4, 0.5) is 0 Å². The van der Waals surface area contributed by atoms with Crippen molar-refractivity contribution in [3.05, 3.63) is 34.9 Å².